The summed E-state index contributed by atoms with van der Waals surface area (Å²) in [5.41, 5.74) is 0.656. The molecular formula is C17H19ClN2O. The molecule has 0 saturated carbocycles. The number of carbonyl (C=O) groups is 1. The third-order valence-corrected chi connectivity index (χ3v) is 4.59. The monoisotopic (exact) mass is 302 g/mol. The predicted molar refractivity (Wildman–Crippen MR) is 85.7 cm³/mol. The fourth-order valence-corrected chi connectivity index (χ4v) is 3.27. The van der Waals surface area contributed by atoms with Crippen LogP contribution < -0.4 is 0 Å². The van der Waals surface area contributed by atoms with Crippen LogP contribution >= 0.6 is 11.6 Å². The van der Waals surface area contributed by atoms with E-state index >= 15 is 0 Å². The minimum absolute atomic E-state index is 0.0739. The van der Waals surface area contributed by atoms with Gasteiger partial charge in [-0.2, -0.15) is 0 Å². The molecule has 4 heteroatoms. The van der Waals surface area contributed by atoms with Crippen LogP contribution in [0.25, 0.3) is 10.8 Å². The van der Waals surface area contributed by atoms with E-state index in [9.17, 15) is 4.79 Å². The van der Waals surface area contributed by atoms with Crippen molar-refractivity contribution in [2.24, 2.45) is 0 Å². The van der Waals surface area contributed by atoms with Gasteiger partial charge in [0.25, 0.3) is 5.91 Å². The molecule has 1 aromatic heterocycles. The second-order valence-electron chi connectivity index (χ2n) is 5.71. The average Bonchev–Trinajstić information content (AvgIpc) is 2.72. The van der Waals surface area contributed by atoms with Crippen molar-refractivity contribution in [1.29, 1.82) is 0 Å². The summed E-state index contributed by atoms with van der Waals surface area (Å²) in [4.78, 5) is 19.1. The molecule has 0 radical (unpaired) electrons. The molecule has 2 aromatic rings. The van der Waals surface area contributed by atoms with Gasteiger partial charge in [-0.25, -0.2) is 4.98 Å². The largest absolute Gasteiger partial charge is 0.336 e. The highest BCUT2D eigenvalue weighted by atomic mass is 35.5. The van der Waals surface area contributed by atoms with Crippen molar-refractivity contribution in [2.75, 3.05) is 6.54 Å². The number of amides is 1. The maximum atomic E-state index is 12.9. The molecular weight excluding hydrogens is 284 g/mol. The lowest BCUT2D eigenvalue weighted by molar-refractivity contribution is 0.0699. The van der Waals surface area contributed by atoms with E-state index in [1.807, 2.05) is 29.2 Å². The van der Waals surface area contributed by atoms with Crippen LogP contribution in [0.1, 0.15) is 43.0 Å². The average molecular weight is 303 g/mol. The summed E-state index contributed by atoms with van der Waals surface area (Å²) in [6, 6.07) is 7.99. The first-order chi connectivity index (χ1) is 10.2. The predicted octanol–water partition coefficient (Wildman–Crippen LogP) is 4.29. The number of nitrogens with zero attached hydrogens (tertiary/aromatic N) is 2. The number of hydrogen-bond donors (Lipinski definition) is 0. The Morgan fingerprint density at radius 2 is 2.00 bits per heavy atom. The minimum atomic E-state index is 0.0739. The second kappa shape index (κ2) is 6.02. The van der Waals surface area contributed by atoms with E-state index < -0.39 is 0 Å². The molecule has 1 aromatic carbocycles. The third kappa shape index (κ3) is 2.75. The highest BCUT2D eigenvalue weighted by Gasteiger charge is 2.24. The summed E-state index contributed by atoms with van der Waals surface area (Å²) in [5.74, 6) is 0.0739. The molecule has 1 unspecified atom stereocenters. The molecule has 21 heavy (non-hydrogen) atoms. The molecule has 1 aliphatic rings. The van der Waals surface area contributed by atoms with Gasteiger partial charge in [-0.3, -0.25) is 4.79 Å². The number of fused-ring (bicyclic) bond motifs is 1. The maximum Gasteiger partial charge on any atom is 0.256 e. The quantitative estimate of drug-likeness (QED) is 0.736. The van der Waals surface area contributed by atoms with Crippen LogP contribution in [0, 0.1) is 0 Å². The van der Waals surface area contributed by atoms with Crippen molar-refractivity contribution in [2.45, 2.75) is 38.6 Å². The van der Waals surface area contributed by atoms with E-state index in [0.717, 1.165) is 30.2 Å². The molecule has 0 N–H and O–H groups in total. The topological polar surface area (TPSA) is 33.2 Å². The van der Waals surface area contributed by atoms with E-state index in [1.54, 1.807) is 6.20 Å². The molecule has 110 valence electrons. The van der Waals surface area contributed by atoms with E-state index in [0.29, 0.717) is 10.7 Å². The number of hydrogen-bond acceptors (Lipinski definition) is 2. The number of likely N-dealkylation sites (tertiary alicyclic amines) is 1. The highest BCUT2D eigenvalue weighted by molar-refractivity contribution is 6.34. The zero-order valence-electron chi connectivity index (χ0n) is 12.2. The number of benzene rings is 1. The van der Waals surface area contributed by atoms with Gasteiger partial charge in [0.2, 0.25) is 0 Å². The lowest BCUT2D eigenvalue weighted by Crippen LogP contribution is -2.38. The van der Waals surface area contributed by atoms with E-state index in [2.05, 4.69) is 11.9 Å². The van der Waals surface area contributed by atoms with Crippen molar-refractivity contribution in [3.05, 3.63) is 41.2 Å². The standard InChI is InChI=1S/C17H19ClN2O/c1-12-7-3-2-6-10-20(12)17(21)15-11-19-16(18)14-9-5-4-8-13(14)15/h4-5,8-9,11-12H,2-3,6-7,10H2,1H3. The first-order valence-corrected chi connectivity index (χ1v) is 7.90. The van der Waals surface area contributed by atoms with Gasteiger partial charge in [-0.15, -0.1) is 0 Å². The zero-order chi connectivity index (χ0) is 14.8. The molecule has 1 atom stereocenters. The molecule has 1 aliphatic heterocycles. The summed E-state index contributed by atoms with van der Waals surface area (Å²) in [6.45, 7) is 2.96. The summed E-state index contributed by atoms with van der Waals surface area (Å²) >= 11 is 6.14. The molecule has 2 heterocycles. The minimum Gasteiger partial charge on any atom is -0.336 e. The number of pyridine rings is 1. The molecule has 0 bridgehead atoms. The van der Waals surface area contributed by atoms with Crippen molar-refractivity contribution >= 4 is 28.3 Å². The van der Waals surface area contributed by atoms with Gasteiger partial charge < -0.3 is 4.90 Å². The molecule has 0 aliphatic carbocycles. The Morgan fingerprint density at radius 1 is 1.24 bits per heavy atom. The van der Waals surface area contributed by atoms with Crippen molar-refractivity contribution < 1.29 is 4.79 Å². The lowest BCUT2D eigenvalue weighted by atomic mass is 10.1. The molecule has 1 saturated heterocycles. The van der Waals surface area contributed by atoms with Gasteiger partial charge in [-0.05, 0) is 25.2 Å². The highest BCUT2D eigenvalue weighted by Crippen LogP contribution is 2.27. The molecule has 0 spiro atoms. The van der Waals surface area contributed by atoms with Crippen LogP contribution in [0.5, 0.6) is 0 Å². The SMILES string of the molecule is CC1CCCCCN1C(=O)c1cnc(Cl)c2ccccc12. The zero-order valence-corrected chi connectivity index (χ0v) is 12.9. The number of rotatable bonds is 1. The smallest absolute Gasteiger partial charge is 0.256 e. The normalized spacial score (nSPS) is 19.5. The Labute approximate surface area is 129 Å². The lowest BCUT2D eigenvalue weighted by Gasteiger charge is -2.27. The molecule has 3 rings (SSSR count). The molecule has 1 amide bonds. The fourth-order valence-electron chi connectivity index (χ4n) is 3.06. The van der Waals surface area contributed by atoms with Gasteiger partial charge in [-0.1, -0.05) is 48.7 Å². The van der Waals surface area contributed by atoms with Crippen LogP contribution in [0.2, 0.25) is 5.15 Å². The first kappa shape index (κ1) is 14.3. The van der Waals surface area contributed by atoms with Crippen LogP contribution in [-0.4, -0.2) is 28.4 Å². The number of halogens is 1. The van der Waals surface area contributed by atoms with Crippen molar-refractivity contribution in [1.82, 2.24) is 9.88 Å². The molecule has 1 fully saturated rings. The Hall–Kier alpha value is -1.61. The summed E-state index contributed by atoms with van der Waals surface area (Å²) in [5, 5.41) is 2.18. The van der Waals surface area contributed by atoms with Crippen LogP contribution in [-0.2, 0) is 0 Å². The van der Waals surface area contributed by atoms with Crippen LogP contribution in [0.15, 0.2) is 30.5 Å². The van der Waals surface area contributed by atoms with E-state index in [-0.39, 0.29) is 11.9 Å². The first-order valence-electron chi connectivity index (χ1n) is 7.52. The van der Waals surface area contributed by atoms with Gasteiger partial charge in [0.1, 0.15) is 5.15 Å². The number of carbonyl (C=O) groups excluding carboxylic acids is 1. The van der Waals surface area contributed by atoms with Crippen molar-refractivity contribution in [3.63, 3.8) is 0 Å². The summed E-state index contributed by atoms with van der Waals surface area (Å²) < 4.78 is 0. The third-order valence-electron chi connectivity index (χ3n) is 4.29. The fraction of sp³-hybridized carbons (Fsp3) is 0.412. The maximum absolute atomic E-state index is 12.9. The van der Waals surface area contributed by atoms with Gasteiger partial charge in [0.05, 0.1) is 5.56 Å². The molecule has 3 nitrogen and oxygen atoms in total. The summed E-state index contributed by atoms with van der Waals surface area (Å²) in [6.07, 6.45) is 6.17. The van der Waals surface area contributed by atoms with Gasteiger partial charge in [0, 0.05) is 24.2 Å². The van der Waals surface area contributed by atoms with Crippen LogP contribution in [0.4, 0.5) is 0 Å². The van der Waals surface area contributed by atoms with Crippen LogP contribution in [0.3, 0.4) is 0 Å². The number of aromatic nitrogens is 1. The van der Waals surface area contributed by atoms with E-state index in [1.165, 1.54) is 12.8 Å². The Bertz CT molecular complexity index is 671. The van der Waals surface area contributed by atoms with Crippen molar-refractivity contribution in [3.8, 4) is 0 Å². The van der Waals surface area contributed by atoms with E-state index in [4.69, 9.17) is 11.6 Å². The Kier molecular flexibility index (Phi) is 4.11. The Morgan fingerprint density at radius 3 is 2.81 bits per heavy atom. The van der Waals surface area contributed by atoms with Gasteiger partial charge in [0.15, 0.2) is 0 Å². The summed E-state index contributed by atoms with van der Waals surface area (Å²) in [7, 11) is 0. The van der Waals surface area contributed by atoms with Gasteiger partial charge >= 0.3 is 0 Å². The second-order valence-corrected chi connectivity index (χ2v) is 6.06. The Balaban J connectivity index is 2.03.